The van der Waals surface area contributed by atoms with Gasteiger partial charge in [0.1, 0.15) is 5.75 Å². The van der Waals surface area contributed by atoms with Gasteiger partial charge in [0.2, 0.25) is 0 Å². The van der Waals surface area contributed by atoms with Crippen molar-refractivity contribution in [2.45, 2.75) is 31.8 Å². The monoisotopic (exact) mass is 272 g/mol. The maximum absolute atomic E-state index is 5.15. The van der Waals surface area contributed by atoms with Gasteiger partial charge < -0.3 is 4.74 Å². The summed E-state index contributed by atoms with van der Waals surface area (Å²) in [4.78, 5) is 6.96. The first kappa shape index (κ1) is 13.1. The number of hydrogen-bond donors (Lipinski definition) is 1. The Labute approximate surface area is 119 Å². The van der Waals surface area contributed by atoms with Crippen LogP contribution in [0.15, 0.2) is 30.7 Å². The first-order chi connectivity index (χ1) is 9.86. The summed E-state index contributed by atoms with van der Waals surface area (Å²) in [6, 6.07) is 4.46. The summed E-state index contributed by atoms with van der Waals surface area (Å²) in [7, 11) is 1.66. The van der Waals surface area contributed by atoms with Gasteiger partial charge in [0.15, 0.2) is 0 Å². The number of pyridine rings is 1. The molecule has 0 radical (unpaired) electrons. The number of piperidine rings is 1. The highest BCUT2D eigenvalue weighted by Crippen LogP contribution is 2.31. The van der Waals surface area contributed by atoms with Gasteiger partial charge in [0, 0.05) is 24.3 Å². The Kier molecular flexibility index (Phi) is 3.97. The molecule has 1 unspecified atom stereocenters. The lowest BCUT2D eigenvalue weighted by Crippen LogP contribution is -2.33. The number of nitrogens with one attached hydrogen (secondary N) is 1. The number of likely N-dealkylation sites (tertiary alicyclic amines) is 1. The molecule has 1 N–H and O–H groups in total. The van der Waals surface area contributed by atoms with Crippen LogP contribution in [0.5, 0.6) is 5.75 Å². The lowest BCUT2D eigenvalue weighted by atomic mass is 9.97. The first-order valence-electron chi connectivity index (χ1n) is 7.08. The first-order valence-corrected chi connectivity index (χ1v) is 7.08. The number of rotatable bonds is 4. The molecular formula is C15H20N4O. The maximum atomic E-state index is 5.15. The highest BCUT2D eigenvalue weighted by Gasteiger charge is 2.24. The van der Waals surface area contributed by atoms with E-state index in [1.54, 1.807) is 13.3 Å². The molecule has 1 saturated heterocycles. The highest BCUT2D eigenvalue weighted by atomic mass is 16.5. The molecule has 1 aliphatic heterocycles. The predicted octanol–water partition coefficient (Wildman–Crippen LogP) is 2.54. The zero-order chi connectivity index (χ0) is 13.8. The molecule has 2 aromatic heterocycles. The minimum Gasteiger partial charge on any atom is -0.495 e. The lowest BCUT2D eigenvalue weighted by molar-refractivity contribution is 0.138. The molecule has 106 valence electrons. The molecular weight excluding hydrogens is 252 g/mol. The van der Waals surface area contributed by atoms with Crippen molar-refractivity contribution >= 4 is 0 Å². The Hall–Kier alpha value is -1.88. The van der Waals surface area contributed by atoms with Crippen LogP contribution >= 0.6 is 0 Å². The van der Waals surface area contributed by atoms with E-state index in [0.717, 1.165) is 24.5 Å². The number of aromatic nitrogens is 3. The summed E-state index contributed by atoms with van der Waals surface area (Å²) in [6.07, 6.45) is 9.45. The molecule has 3 rings (SSSR count). The fourth-order valence-corrected chi connectivity index (χ4v) is 2.83. The van der Waals surface area contributed by atoms with Crippen molar-refractivity contribution in [2.24, 2.45) is 0 Å². The van der Waals surface area contributed by atoms with E-state index in [1.165, 1.54) is 24.8 Å². The standard InChI is InChI=1S/C15H20N4O/c1-20-14-6-5-13(16-10-14)11-19-7-3-2-4-15(19)12-8-17-18-9-12/h5-6,8-10,15H,2-4,7,11H2,1H3,(H,17,18). The van der Waals surface area contributed by atoms with Crippen molar-refractivity contribution in [3.63, 3.8) is 0 Å². The van der Waals surface area contributed by atoms with Crippen LogP contribution in [0.1, 0.15) is 36.6 Å². The van der Waals surface area contributed by atoms with E-state index in [0.29, 0.717) is 6.04 Å². The van der Waals surface area contributed by atoms with Gasteiger partial charge in [-0.2, -0.15) is 5.10 Å². The topological polar surface area (TPSA) is 54.0 Å². The molecule has 0 aliphatic carbocycles. The molecule has 0 saturated carbocycles. The van der Waals surface area contributed by atoms with Gasteiger partial charge in [-0.25, -0.2) is 0 Å². The molecule has 5 heteroatoms. The van der Waals surface area contributed by atoms with E-state index in [9.17, 15) is 0 Å². The average molecular weight is 272 g/mol. The van der Waals surface area contributed by atoms with Gasteiger partial charge in [-0.3, -0.25) is 15.0 Å². The molecule has 1 aliphatic rings. The van der Waals surface area contributed by atoms with Crippen molar-refractivity contribution in [3.05, 3.63) is 42.0 Å². The van der Waals surface area contributed by atoms with Crippen molar-refractivity contribution in [1.82, 2.24) is 20.1 Å². The number of hydrogen-bond acceptors (Lipinski definition) is 4. The molecule has 1 atom stereocenters. The molecule has 2 aromatic rings. The second-order valence-corrected chi connectivity index (χ2v) is 5.20. The second-order valence-electron chi connectivity index (χ2n) is 5.20. The van der Waals surface area contributed by atoms with E-state index in [4.69, 9.17) is 4.74 Å². The quantitative estimate of drug-likeness (QED) is 0.929. The van der Waals surface area contributed by atoms with Gasteiger partial charge in [-0.05, 0) is 31.5 Å². The Morgan fingerprint density at radius 2 is 2.30 bits per heavy atom. The number of aromatic amines is 1. The van der Waals surface area contributed by atoms with Crippen molar-refractivity contribution in [1.29, 1.82) is 0 Å². The number of methoxy groups -OCH3 is 1. The fraction of sp³-hybridized carbons (Fsp3) is 0.467. The lowest BCUT2D eigenvalue weighted by Gasteiger charge is -2.34. The second kappa shape index (κ2) is 6.05. The molecule has 1 fully saturated rings. The molecule has 5 nitrogen and oxygen atoms in total. The maximum Gasteiger partial charge on any atom is 0.137 e. The fourth-order valence-electron chi connectivity index (χ4n) is 2.83. The van der Waals surface area contributed by atoms with Gasteiger partial charge in [-0.15, -0.1) is 0 Å². The third-order valence-corrected chi connectivity index (χ3v) is 3.92. The SMILES string of the molecule is COc1ccc(CN2CCCCC2c2cn[nH]c2)nc1. The molecule has 0 bridgehead atoms. The van der Waals surface area contributed by atoms with Crippen LogP contribution in [0.4, 0.5) is 0 Å². The molecule has 0 aromatic carbocycles. The van der Waals surface area contributed by atoms with Crippen LogP contribution in [-0.4, -0.2) is 33.7 Å². The summed E-state index contributed by atoms with van der Waals surface area (Å²) < 4.78 is 5.15. The summed E-state index contributed by atoms with van der Waals surface area (Å²) in [5, 5.41) is 7.00. The minimum atomic E-state index is 0.450. The minimum absolute atomic E-state index is 0.450. The van der Waals surface area contributed by atoms with E-state index in [2.05, 4.69) is 20.1 Å². The Balaban J connectivity index is 1.73. The molecule has 0 spiro atoms. The number of ether oxygens (including phenoxy) is 1. The van der Waals surface area contributed by atoms with Crippen LogP contribution in [-0.2, 0) is 6.54 Å². The zero-order valence-electron chi connectivity index (χ0n) is 11.7. The van der Waals surface area contributed by atoms with Gasteiger partial charge >= 0.3 is 0 Å². The van der Waals surface area contributed by atoms with Crippen LogP contribution in [0.2, 0.25) is 0 Å². The summed E-state index contributed by atoms with van der Waals surface area (Å²) in [5.74, 6) is 0.804. The summed E-state index contributed by atoms with van der Waals surface area (Å²) in [6.45, 7) is 1.99. The largest absolute Gasteiger partial charge is 0.495 e. The van der Waals surface area contributed by atoms with Gasteiger partial charge in [0.25, 0.3) is 0 Å². The van der Waals surface area contributed by atoms with Crippen LogP contribution in [0, 0.1) is 0 Å². The van der Waals surface area contributed by atoms with Crippen LogP contribution < -0.4 is 4.74 Å². The zero-order valence-corrected chi connectivity index (χ0v) is 11.7. The van der Waals surface area contributed by atoms with Gasteiger partial charge in [-0.1, -0.05) is 6.42 Å². The molecule has 3 heterocycles. The Bertz CT molecular complexity index is 523. The van der Waals surface area contributed by atoms with Crippen molar-refractivity contribution in [3.8, 4) is 5.75 Å². The summed E-state index contributed by atoms with van der Waals surface area (Å²) >= 11 is 0. The smallest absolute Gasteiger partial charge is 0.137 e. The average Bonchev–Trinajstić information content (AvgIpc) is 3.03. The van der Waals surface area contributed by atoms with Crippen LogP contribution in [0.25, 0.3) is 0 Å². The van der Waals surface area contributed by atoms with E-state index in [-0.39, 0.29) is 0 Å². The van der Waals surface area contributed by atoms with Gasteiger partial charge in [0.05, 0.1) is 25.2 Å². The predicted molar refractivity (Wildman–Crippen MR) is 76.4 cm³/mol. The highest BCUT2D eigenvalue weighted by molar-refractivity contribution is 5.20. The van der Waals surface area contributed by atoms with E-state index >= 15 is 0 Å². The molecule has 0 amide bonds. The van der Waals surface area contributed by atoms with E-state index < -0.39 is 0 Å². The molecule has 20 heavy (non-hydrogen) atoms. The van der Waals surface area contributed by atoms with Crippen molar-refractivity contribution < 1.29 is 4.74 Å². The van der Waals surface area contributed by atoms with E-state index in [1.807, 2.05) is 24.5 Å². The summed E-state index contributed by atoms with van der Waals surface area (Å²) in [5.41, 5.74) is 2.36. The third kappa shape index (κ3) is 2.82. The Morgan fingerprint density at radius 3 is 3.00 bits per heavy atom. The normalized spacial score (nSPS) is 19.9. The Morgan fingerprint density at radius 1 is 1.35 bits per heavy atom. The van der Waals surface area contributed by atoms with Crippen LogP contribution in [0.3, 0.4) is 0 Å². The third-order valence-electron chi connectivity index (χ3n) is 3.92. The number of nitrogens with zero attached hydrogens (tertiary/aromatic N) is 3. The number of H-pyrrole nitrogens is 1. The van der Waals surface area contributed by atoms with Crippen molar-refractivity contribution in [2.75, 3.05) is 13.7 Å².